The highest BCUT2D eigenvalue weighted by Gasteiger charge is 2.15. The molecule has 2 rings (SSSR count). The highest BCUT2D eigenvalue weighted by Crippen LogP contribution is 2.25. The summed E-state index contributed by atoms with van der Waals surface area (Å²) < 4.78 is 0. The number of halogens is 1. The van der Waals surface area contributed by atoms with Crippen LogP contribution in [0.2, 0.25) is 5.02 Å². The van der Waals surface area contributed by atoms with Crippen LogP contribution in [0.1, 0.15) is 34.8 Å². The number of carboxylic acids is 1. The third-order valence-electron chi connectivity index (χ3n) is 2.57. The molecule has 0 aromatic carbocycles. The van der Waals surface area contributed by atoms with Gasteiger partial charge in [0.15, 0.2) is 0 Å². The van der Waals surface area contributed by atoms with E-state index in [4.69, 9.17) is 16.7 Å². The van der Waals surface area contributed by atoms with E-state index < -0.39 is 5.97 Å². The quantitative estimate of drug-likeness (QED) is 0.884. The minimum atomic E-state index is -1.07. The molecule has 0 radical (unpaired) electrons. The molecular weight excluding hydrogens is 286 g/mol. The Morgan fingerprint density at radius 1 is 1.58 bits per heavy atom. The van der Waals surface area contributed by atoms with E-state index in [2.05, 4.69) is 15.3 Å². The molecule has 7 heteroatoms. The van der Waals surface area contributed by atoms with Gasteiger partial charge in [0.1, 0.15) is 10.8 Å². The average Bonchev–Trinajstić information content (AvgIpc) is 2.91. The molecule has 0 aliphatic heterocycles. The minimum absolute atomic E-state index is 0.00956. The fourth-order valence-electron chi connectivity index (χ4n) is 1.61. The van der Waals surface area contributed by atoms with Crippen LogP contribution in [0.25, 0.3) is 0 Å². The maximum Gasteiger partial charge on any atom is 0.337 e. The van der Waals surface area contributed by atoms with E-state index in [1.807, 2.05) is 12.3 Å². The average molecular weight is 298 g/mol. The van der Waals surface area contributed by atoms with E-state index >= 15 is 0 Å². The molecule has 2 aromatic rings. The summed E-state index contributed by atoms with van der Waals surface area (Å²) in [5.74, 6) is -0.596. The van der Waals surface area contributed by atoms with Gasteiger partial charge in [-0.05, 0) is 12.5 Å². The smallest absolute Gasteiger partial charge is 0.337 e. The van der Waals surface area contributed by atoms with Crippen LogP contribution in [0.3, 0.4) is 0 Å². The molecule has 0 amide bonds. The zero-order chi connectivity index (χ0) is 13.8. The number of aromatic carboxylic acids is 1. The number of hydrogen-bond donors (Lipinski definition) is 2. The molecule has 19 heavy (non-hydrogen) atoms. The Labute approximate surface area is 119 Å². The second kappa shape index (κ2) is 5.99. The SMILES string of the molecule is CCC(Nc1cc(C(=O)O)c(Cl)cn1)c1nccs1. The van der Waals surface area contributed by atoms with Crippen LogP contribution >= 0.6 is 22.9 Å². The van der Waals surface area contributed by atoms with Gasteiger partial charge in [0, 0.05) is 17.8 Å². The topological polar surface area (TPSA) is 75.1 Å². The normalized spacial score (nSPS) is 12.1. The van der Waals surface area contributed by atoms with Crippen molar-refractivity contribution in [2.75, 3.05) is 5.32 Å². The van der Waals surface area contributed by atoms with Crippen molar-refractivity contribution in [2.45, 2.75) is 19.4 Å². The number of carbonyl (C=O) groups is 1. The number of nitrogens with one attached hydrogen (secondary N) is 1. The van der Waals surface area contributed by atoms with Gasteiger partial charge in [-0.25, -0.2) is 14.8 Å². The number of carboxylic acid groups (broad SMARTS) is 1. The minimum Gasteiger partial charge on any atom is -0.478 e. The molecule has 0 fully saturated rings. The lowest BCUT2D eigenvalue weighted by atomic mass is 10.2. The van der Waals surface area contributed by atoms with Crippen LogP contribution in [0.5, 0.6) is 0 Å². The molecule has 2 heterocycles. The summed E-state index contributed by atoms with van der Waals surface area (Å²) in [7, 11) is 0. The van der Waals surface area contributed by atoms with Crippen LogP contribution in [0, 0.1) is 0 Å². The first-order valence-electron chi connectivity index (χ1n) is 5.66. The number of nitrogens with zero attached hydrogens (tertiary/aromatic N) is 2. The molecule has 0 aliphatic rings. The van der Waals surface area contributed by atoms with Gasteiger partial charge < -0.3 is 10.4 Å². The highest BCUT2D eigenvalue weighted by molar-refractivity contribution is 7.09. The Kier molecular flexibility index (Phi) is 4.34. The first-order valence-corrected chi connectivity index (χ1v) is 6.92. The van der Waals surface area contributed by atoms with Crippen molar-refractivity contribution in [2.24, 2.45) is 0 Å². The van der Waals surface area contributed by atoms with Crippen molar-refractivity contribution in [1.82, 2.24) is 9.97 Å². The number of hydrogen-bond acceptors (Lipinski definition) is 5. The second-order valence-corrected chi connectivity index (χ2v) is 5.16. The Balaban J connectivity index is 2.23. The maximum absolute atomic E-state index is 11.0. The molecular formula is C12H12ClN3O2S. The zero-order valence-electron chi connectivity index (χ0n) is 10.1. The number of aromatic nitrogens is 2. The first kappa shape index (κ1) is 13.8. The van der Waals surface area contributed by atoms with Crippen LogP contribution in [-0.4, -0.2) is 21.0 Å². The predicted molar refractivity (Wildman–Crippen MR) is 75.0 cm³/mol. The van der Waals surface area contributed by atoms with Gasteiger partial charge in [0.2, 0.25) is 0 Å². The summed E-state index contributed by atoms with van der Waals surface area (Å²) >= 11 is 7.32. The third-order valence-corrected chi connectivity index (χ3v) is 3.76. The Morgan fingerprint density at radius 2 is 2.37 bits per heavy atom. The lowest BCUT2D eigenvalue weighted by molar-refractivity contribution is 0.0697. The monoisotopic (exact) mass is 297 g/mol. The number of anilines is 1. The highest BCUT2D eigenvalue weighted by atomic mass is 35.5. The molecule has 0 saturated heterocycles. The summed E-state index contributed by atoms with van der Waals surface area (Å²) in [5, 5.41) is 15.2. The first-order chi connectivity index (χ1) is 9.11. The van der Waals surface area contributed by atoms with Crippen molar-refractivity contribution in [3.63, 3.8) is 0 Å². The second-order valence-electron chi connectivity index (χ2n) is 3.83. The molecule has 1 atom stereocenters. The summed E-state index contributed by atoms with van der Waals surface area (Å²) in [6, 6.07) is 1.44. The number of pyridine rings is 1. The van der Waals surface area contributed by atoms with E-state index in [1.165, 1.54) is 12.3 Å². The molecule has 5 nitrogen and oxygen atoms in total. The summed E-state index contributed by atoms with van der Waals surface area (Å²) in [4.78, 5) is 19.3. The fourth-order valence-corrected chi connectivity index (χ4v) is 2.56. The summed E-state index contributed by atoms with van der Waals surface area (Å²) in [6.07, 6.45) is 3.89. The lowest BCUT2D eigenvalue weighted by Gasteiger charge is -2.15. The maximum atomic E-state index is 11.0. The number of rotatable bonds is 5. The standard InChI is InChI=1S/C12H12ClN3O2S/c1-2-9(11-14-3-4-19-11)16-10-5-7(12(17)18)8(13)6-15-10/h3-6,9H,2H2,1H3,(H,15,16)(H,17,18). The Bertz CT molecular complexity index is 574. The van der Waals surface area contributed by atoms with Crippen molar-refractivity contribution in [3.8, 4) is 0 Å². The van der Waals surface area contributed by atoms with E-state index in [0.717, 1.165) is 11.4 Å². The summed E-state index contributed by atoms with van der Waals surface area (Å²) in [5.41, 5.74) is 0.0353. The van der Waals surface area contributed by atoms with E-state index in [0.29, 0.717) is 5.82 Å². The van der Waals surface area contributed by atoms with Gasteiger partial charge in [0.05, 0.1) is 16.6 Å². The fraction of sp³-hybridized carbons (Fsp3) is 0.250. The van der Waals surface area contributed by atoms with Gasteiger partial charge in [-0.2, -0.15) is 0 Å². The molecule has 2 aromatic heterocycles. The van der Waals surface area contributed by atoms with Crippen molar-refractivity contribution in [3.05, 3.63) is 39.4 Å². The van der Waals surface area contributed by atoms with E-state index in [1.54, 1.807) is 17.5 Å². The van der Waals surface area contributed by atoms with E-state index in [-0.39, 0.29) is 16.6 Å². The van der Waals surface area contributed by atoms with Gasteiger partial charge in [-0.3, -0.25) is 0 Å². The molecule has 1 unspecified atom stereocenters. The summed E-state index contributed by atoms with van der Waals surface area (Å²) in [6.45, 7) is 2.02. The molecule has 0 saturated carbocycles. The van der Waals surface area contributed by atoms with Crippen LogP contribution < -0.4 is 5.32 Å². The Morgan fingerprint density at radius 3 is 2.95 bits per heavy atom. The lowest BCUT2D eigenvalue weighted by Crippen LogP contribution is -2.11. The largest absolute Gasteiger partial charge is 0.478 e. The third kappa shape index (κ3) is 3.21. The van der Waals surface area contributed by atoms with Crippen molar-refractivity contribution < 1.29 is 9.90 Å². The van der Waals surface area contributed by atoms with Crippen LogP contribution in [0.4, 0.5) is 5.82 Å². The van der Waals surface area contributed by atoms with Gasteiger partial charge in [0.25, 0.3) is 0 Å². The zero-order valence-corrected chi connectivity index (χ0v) is 11.7. The van der Waals surface area contributed by atoms with Gasteiger partial charge in [-0.15, -0.1) is 11.3 Å². The molecule has 0 aliphatic carbocycles. The van der Waals surface area contributed by atoms with E-state index in [9.17, 15) is 4.79 Å². The Hall–Kier alpha value is -1.66. The molecule has 0 spiro atoms. The molecule has 2 N–H and O–H groups in total. The predicted octanol–water partition coefficient (Wildman–Crippen LogP) is 3.45. The van der Waals surface area contributed by atoms with Crippen LogP contribution in [-0.2, 0) is 0 Å². The number of thiazole rings is 1. The van der Waals surface area contributed by atoms with Gasteiger partial charge >= 0.3 is 5.97 Å². The van der Waals surface area contributed by atoms with Crippen molar-refractivity contribution >= 4 is 34.7 Å². The van der Waals surface area contributed by atoms with Crippen LogP contribution in [0.15, 0.2) is 23.8 Å². The molecule has 100 valence electrons. The molecule has 0 bridgehead atoms. The van der Waals surface area contributed by atoms with Gasteiger partial charge in [-0.1, -0.05) is 18.5 Å². The van der Waals surface area contributed by atoms with Crippen molar-refractivity contribution in [1.29, 1.82) is 0 Å².